The smallest absolute Gasteiger partial charge is 0.426 e. The number of aliphatic imine (C=N–C) groups is 1. The summed E-state index contributed by atoms with van der Waals surface area (Å²) < 4.78 is 0. The van der Waals surface area contributed by atoms with Gasteiger partial charge in [0.05, 0.1) is 5.94 Å². The van der Waals surface area contributed by atoms with E-state index in [9.17, 15) is 29.8 Å². The van der Waals surface area contributed by atoms with Crippen molar-refractivity contribution >= 4 is 24.8 Å². The number of Topliss-reactive ketones (excluding diaryl/α,β-unsaturated/α-hetero) is 1. The molecule has 0 aromatic rings. The highest BCUT2D eigenvalue weighted by atomic mass is 16.7. The third-order valence-corrected chi connectivity index (χ3v) is 5.49. The van der Waals surface area contributed by atoms with Crippen molar-refractivity contribution in [1.29, 1.82) is 0 Å². The number of hydrazine groups is 1. The molecule has 0 aromatic heterocycles. The van der Waals surface area contributed by atoms with E-state index in [1.807, 2.05) is 13.8 Å². The summed E-state index contributed by atoms with van der Waals surface area (Å²) >= 11 is 0. The van der Waals surface area contributed by atoms with Crippen LogP contribution in [0.25, 0.3) is 0 Å². The van der Waals surface area contributed by atoms with Gasteiger partial charge in [0.15, 0.2) is 5.03 Å². The number of hydrogen-bond acceptors (Lipinski definition) is 7. The van der Waals surface area contributed by atoms with Crippen LogP contribution in [0, 0.1) is 27.9 Å². The van der Waals surface area contributed by atoms with Gasteiger partial charge in [-0.05, 0) is 38.0 Å². The summed E-state index contributed by atoms with van der Waals surface area (Å²) in [6.45, 7) is 3.98. The predicted octanol–water partition coefficient (Wildman–Crippen LogP) is 0.561. The molecule has 1 amide bonds. The molecule has 0 bridgehead atoms. The number of nitrogens with zero attached hydrogens (tertiary/aromatic N) is 2. The van der Waals surface area contributed by atoms with Gasteiger partial charge >= 0.3 is 7.12 Å². The number of amides is 1. The zero-order chi connectivity index (χ0) is 23.4. The van der Waals surface area contributed by atoms with E-state index in [4.69, 9.17) is 5.73 Å². The van der Waals surface area contributed by atoms with E-state index in [-0.39, 0.29) is 36.5 Å². The average molecular weight is 441 g/mol. The summed E-state index contributed by atoms with van der Waals surface area (Å²) in [5, 5.41) is 31.4. The fourth-order valence-electron chi connectivity index (χ4n) is 3.89. The topological polar surface area (TPSA) is 180 Å². The lowest BCUT2D eigenvalue weighted by molar-refractivity contribution is -0.525. The maximum absolute atomic E-state index is 12.9. The van der Waals surface area contributed by atoms with Crippen LogP contribution in [-0.4, -0.2) is 52.3 Å². The van der Waals surface area contributed by atoms with Crippen LogP contribution in [0.5, 0.6) is 0 Å². The van der Waals surface area contributed by atoms with Crippen LogP contribution in [0.15, 0.2) is 4.99 Å². The predicted molar refractivity (Wildman–Crippen MR) is 117 cm³/mol. The second-order valence-corrected chi connectivity index (χ2v) is 8.64. The summed E-state index contributed by atoms with van der Waals surface area (Å²) in [5.74, 6) is -2.02. The molecule has 0 saturated heterocycles. The van der Waals surface area contributed by atoms with Crippen LogP contribution in [0.1, 0.15) is 71.6 Å². The molecule has 11 nitrogen and oxygen atoms in total. The van der Waals surface area contributed by atoms with Crippen molar-refractivity contribution in [3.05, 3.63) is 10.1 Å². The molecule has 176 valence electrons. The number of ketones is 1. The number of nitrogens with two attached hydrogens (primary N) is 1. The Bertz CT molecular complexity index is 625. The summed E-state index contributed by atoms with van der Waals surface area (Å²) in [5.41, 5.74) is 7.13. The van der Waals surface area contributed by atoms with E-state index in [0.29, 0.717) is 19.3 Å². The van der Waals surface area contributed by atoms with Crippen molar-refractivity contribution in [2.45, 2.75) is 77.6 Å². The molecular formula is C19H36BN5O6. The van der Waals surface area contributed by atoms with Gasteiger partial charge in [-0.25, -0.2) is 15.1 Å². The number of guanidine groups is 1. The molecule has 0 aliphatic heterocycles. The lowest BCUT2D eigenvalue weighted by Crippen LogP contribution is -2.49. The normalized spacial score (nSPS) is 17.1. The number of carbonyl (C=O) groups excluding carboxylic acids is 2. The van der Waals surface area contributed by atoms with Crippen molar-refractivity contribution < 1.29 is 24.7 Å². The lowest BCUT2D eigenvalue weighted by Gasteiger charge is -2.25. The molecule has 0 heterocycles. The Morgan fingerprint density at radius 1 is 1.26 bits per heavy atom. The van der Waals surface area contributed by atoms with E-state index < -0.39 is 29.9 Å². The molecule has 0 unspecified atom stereocenters. The number of rotatable bonds is 13. The molecule has 1 aliphatic carbocycles. The monoisotopic (exact) mass is 441 g/mol. The maximum atomic E-state index is 12.9. The van der Waals surface area contributed by atoms with Crippen LogP contribution < -0.4 is 16.5 Å². The van der Waals surface area contributed by atoms with Crippen molar-refractivity contribution in [2.24, 2.45) is 28.5 Å². The maximum Gasteiger partial charge on any atom is 0.475 e. The largest absolute Gasteiger partial charge is 0.475 e. The van der Waals surface area contributed by atoms with Crippen LogP contribution in [-0.2, 0) is 9.59 Å². The van der Waals surface area contributed by atoms with Gasteiger partial charge in [0.1, 0.15) is 5.78 Å². The SMILES string of the molecule is CC(C)C[C@H](NC(=O)[C@H](CCCN=C(N)N[N+](=O)[O-])CC(=O)C1CCCCC1)B(O)O. The van der Waals surface area contributed by atoms with E-state index in [1.165, 1.54) is 0 Å². The summed E-state index contributed by atoms with van der Waals surface area (Å²) in [6.07, 6.45) is 6.02. The first-order chi connectivity index (χ1) is 14.6. The second-order valence-electron chi connectivity index (χ2n) is 8.64. The highest BCUT2D eigenvalue weighted by Crippen LogP contribution is 2.27. The highest BCUT2D eigenvalue weighted by Gasteiger charge is 2.31. The van der Waals surface area contributed by atoms with Gasteiger partial charge in [0.2, 0.25) is 5.91 Å². The summed E-state index contributed by atoms with van der Waals surface area (Å²) in [4.78, 5) is 39.8. The Labute approximate surface area is 183 Å². The molecule has 1 saturated carbocycles. The van der Waals surface area contributed by atoms with Crippen LogP contribution >= 0.6 is 0 Å². The van der Waals surface area contributed by atoms with Gasteiger partial charge in [-0.1, -0.05) is 38.5 Å². The van der Waals surface area contributed by atoms with Crippen LogP contribution in [0.3, 0.4) is 0 Å². The standard InChI is InChI=1S/C19H36BN5O6/c1-13(2)11-17(20(28)29)23-18(27)15(9-6-10-22-19(21)24-25(30)31)12-16(26)14-7-4-3-5-8-14/h13-15,17,28-29H,3-12H2,1-2H3,(H,23,27)(H3,21,22,24)/t15-,17+/m1/s1. The Kier molecular flexibility index (Phi) is 12.1. The fraction of sp³-hybridized carbons (Fsp3) is 0.842. The van der Waals surface area contributed by atoms with Crippen LogP contribution in [0.2, 0.25) is 0 Å². The molecule has 12 heteroatoms. The first-order valence-corrected chi connectivity index (χ1v) is 11.0. The van der Waals surface area contributed by atoms with Crippen LogP contribution in [0.4, 0.5) is 0 Å². The Hall–Kier alpha value is -2.21. The number of hydrogen-bond donors (Lipinski definition) is 5. The van der Waals surface area contributed by atoms with Gasteiger partial charge < -0.3 is 21.1 Å². The van der Waals surface area contributed by atoms with Gasteiger partial charge in [-0.2, -0.15) is 0 Å². The van der Waals surface area contributed by atoms with E-state index in [2.05, 4.69) is 10.3 Å². The van der Waals surface area contributed by atoms with E-state index in [1.54, 1.807) is 5.43 Å². The lowest BCUT2D eigenvalue weighted by atomic mass is 9.74. The molecule has 0 spiro atoms. The fourth-order valence-corrected chi connectivity index (χ4v) is 3.89. The molecule has 1 fully saturated rings. The zero-order valence-corrected chi connectivity index (χ0v) is 18.5. The van der Waals surface area contributed by atoms with Gasteiger partial charge in [-0.3, -0.25) is 9.59 Å². The van der Waals surface area contributed by atoms with E-state index in [0.717, 1.165) is 32.1 Å². The van der Waals surface area contributed by atoms with Crippen molar-refractivity contribution in [1.82, 2.24) is 10.7 Å². The van der Waals surface area contributed by atoms with Gasteiger partial charge in [-0.15, -0.1) is 0 Å². The summed E-state index contributed by atoms with van der Waals surface area (Å²) in [6, 6.07) is 0. The number of nitro groups is 1. The van der Waals surface area contributed by atoms with Crippen molar-refractivity contribution in [3.63, 3.8) is 0 Å². The summed E-state index contributed by atoms with van der Waals surface area (Å²) in [7, 11) is -1.70. The Morgan fingerprint density at radius 3 is 2.45 bits per heavy atom. The molecular weight excluding hydrogens is 405 g/mol. The molecule has 6 N–H and O–H groups in total. The third-order valence-electron chi connectivity index (χ3n) is 5.49. The van der Waals surface area contributed by atoms with E-state index >= 15 is 0 Å². The third kappa shape index (κ3) is 11.1. The molecule has 0 aromatic carbocycles. The molecule has 0 radical (unpaired) electrons. The number of nitrogens with one attached hydrogen (secondary N) is 2. The first-order valence-electron chi connectivity index (χ1n) is 11.0. The first kappa shape index (κ1) is 26.8. The minimum atomic E-state index is -1.70. The number of carbonyl (C=O) groups is 2. The van der Waals surface area contributed by atoms with Gasteiger partial charge in [0, 0.05) is 24.8 Å². The highest BCUT2D eigenvalue weighted by molar-refractivity contribution is 6.43. The van der Waals surface area contributed by atoms with Crippen molar-refractivity contribution in [3.8, 4) is 0 Å². The Balaban J connectivity index is 2.76. The average Bonchev–Trinajstić information content (AvgIpc) is 2.69. The second kappa shape index (κ2) is 14.0. The minimum Gasteiger partial charge on any atom is -0.426 e. The quantitative estimate of drug-likeness (QED) is 0.0686. The van der Waals surface area contributed by atoms with Crippen molar-refractivity contribution in [2.75, 3.05) is 6.54 Å². The van der Waals surface area contributed by atoms with Gasteiger partial charge in [0.25, 0.3) is 5.96 Å². The molecule has 1 aliphatic rings. The minimum absolute atomic E-state index is 0.0306. The molecule has 1 rings (SSSR count). The molecule has 2 atom stereocenters. The Morgan fingerprint density at radius 2 is 1.90 bits per heavy atom. The zero-order valence-electron chi connectivity index (χ0n) is 18.5. The molecule has 31 heavy (non-hydrogen) atoms.